The first-order valence-corrected chi connectivity index (χ1v) is 6.36. The van der Waals surface area contributed by atoms with Crippen molar-refractivity contribution in [2.45, 2.75) is 19.9 Å². The number of likely N-dealkylation sites (N-methyl/N-ethyl adjacent to an activating group) is 2. The first-order chi connectivity index (χ1) is 7.56. The highest BCUT2D eigenvalue weighted by molar-refractivity contribution is 9.10. The van der Waals surface area contributed by atoms with Crippen molar-refractivity contribution in [3.05, 3.63) is 22.9 Å². The fourth-order valence-corrected chi connectivity index (χ4v) is 2.43. The number of hydrogen-bond donors (Lipinski definition) is 0. The monoisotopic (exact) mass is 285 g/mol. The minimum Gasteiger partial charge on any atom is -0.367 e. The number of anilines is 1. The number of halogens is 1. The summed E-state index contributed by atoms with van der Waals surface area (Å²) in [6, 6.07) is 2.54. The van der Waals surface area contributed by atoms with E-state index in [1.807, 2.05) is 12.4 Å². The average Bonchev–Trinajstić information content (AvgIpc) is 2.20. The Kier molecular flexibility index (Phi) is 5.22. The van der Waals surface area contributed by atoms with Crippen LogP contribution in [0.1, 0.15) is 13.8 Å². The Bertz CT molecular complexity index is 328. The van der Waals surface area contributed by atoms with E-state index in [0.29, 0.717) is 6.04 Å². The SMILES string of the molecule is CCN(c1ccncc1Br)C(C)CN(C)C. The summed E-state index contributed by atoms with van der Waals surface area (Å²) in [5, 5.41) is 0. The van der Waals surface area contributed by atoms with E-state index >= 15 is 0 Å². The standard InChI is InChI=1S/C12H20BrN3/c1-5-16(10(2)9-15(3)4)12-6-7-14-8-11(12)13/h6-8,10H,5,9H2,1-4H3. The molecule has 1 heterocycles. The second-order valence-electron chi connectivity index (χ2n) is 4.22. The van der Waals surface area contributed by atoms with Crippen molar-refractivity contribution in [2.24, 2.45) is 0 Å². The lowest BCUT2D eigenvalue weighted by atomic mass is 10.2. The topological polar surface area (TPSA) is 19.4 Å². The molecule has 0 saturated carbocycles. The van der Waals surface area contributed by atoms with E-state index in [2.05, 4.69) is 64.7 Å². The van der Waals surface area contributed by atoms with Crippen LogP contribution in [-0.2, 0) is 0 Å². The summed E-state index contributed by atoms with van der Waals surface area (Å²) >= 11 is 3.55. The maximum atomic E-state index is 4.10. The lowest BCUT2D eigenvalue weighted by Crippen LogP contribution is -2.40. The van der Waals surface area contributed by atoms with Crippen LogP contribution in [0.4, 0.5) is 5.69 Å². The quantitative estimate of drug-likeness (QED) is 0.829. The Morgan fingerprint density at radius 3 is 2.62 bits per heavy atom. The van der Waals surface area contributed by atoms with Gasteiger partial charge in [0.1, 0.15) is 0 Å². The van der Waals surface area contributed by atoms with Crippen LogP contribution >= 0.6 is 15.9 Å². The summed E-state index contributed by atoms with van der Waals surface area (Å²) < 4.78 is 1.06. The van der Waals surface area contributed by atoms with Crippen molar-refractivity contribution in [3.63, 3.8) is 0 Å². The van der Waals surface area contributed by atoms with Crippen molar-refractivity contribution in [1.82, 2.24) is 9.88 Å². The fourth-order valence-electron chi connectivity index (χ4n) is 1.95. The summed E-state index contributed by atoms with van der Waals surface area (Å²) in [6.07, 6.45) is 3.69. The maximum absolute atomic E-state index is 4.10. The van der Waals surface area contributed by atoms with Gasteiger partial charge in [-0.15, -0.1) is 0 Å². The minimum absolute atomic E-state index is 0.485. The third kappa shape index (κ3) is 3.46. The molecule has 0 radical (unpaired) electrons. The van der Waals surface area contributed by atoms with E-state index < -0.39 is 0 Å². The van der Waals surface area contributed by atoms with Crippen LogP contribution in [0.15, 0.2) is 22.9 Å². The molecule has 0 aliphatic heterocycles. The molecule has 4 heteroatoms. The molecule has 1 aromatic rings. The summed E-state index contributed by atoms with van der Waals surface area (Å²) in [7, 11) is 4.21. The van der Waals surface area contributed by atoms with Gasteiger partial charge in [-0.2, -0.15) is 0 Å². The van der Waals surface area contributed by atoms with E-state index in [4.69, 9.17) is 0 Å². The number of hydrogen-bond acceptors (Lipinski definition) is 3. The molecular formula is C12H20BrN3. The van der Waals surface area contributed by atoms with E-state index in [0.717, 1.165) is 17.6 Å². The predicted molar refractivity (Wildman–Crippen MR) is 73.0 cm³/mol. The molecule has 3 nitrogen and oxygen atoms in total. The molecule has 16 heavy (non-hydrogen) atoms. The molecule has 0 bridgehead atoms. The number of aromatic nitrogens is 1. The van der Waals surface area contributed by atoms with Gasteiger partial charge in [-0.05, 0) is 49.9 Å². The molecule has 1 unspecified atom stereocenters. The molecule has 0 aromatic carbocycles. The molecule has 90 valence electrons. The van der Waals surface area contributed by atoms with E-state index in [1.54, 1.807) is 0 Å². The molecule has 0 N–H and O–H groups in total. The molecule has 0 fully saturated rings. The zero-order valence-corrected chi connectivity index (χ0v) is 12.0. The normalized spacial score (nSPS) is 12.9. The van der Waals surface area contributed by atoms with Gasteiger partial charge in [0.05, 0.1) is 10.2 Å². The Morgan fingerprint density at radius 2 is 2.12 bits per heavy atom. The molecule has 0 saturated heterocycles. The number of nitrogens with zero attached hydrogens (tertiary/aromatic N) is 3. The summed E-state index contributed by atoms with van der Waals surface area (Å²) in [5.74, 6) is 0. The van der Waals surface area contributed by atoms with E-state index in [-0.39, 0.29) is 0 Å². The highest BCUT2D eigenvalue weighted by atomic mass is 79.9. The van der Waals surface area contributed by atoms with Gasteiger partial charge in [0.25, 0.3) is 0 Å². The Hall–Kier alpha value is -0.610. The fraction of sp³-hybridized carbons (Fsp3) is 0.583. The molecule has 1 aromatic heterocycles. The summed E-state index contributed by atoms with van der Waals surface area (Å²) in [5.41, 5.74) is 1.21. The number of pyridine rings is 1. The molecule has 0 spiro atoms. The van der Waals surface area contributed by atoms with Gasteiger partial charge < -0.3 is 9.80 Å². The van der Waals surface area contributed by atoms with Crippen molar-refractivity contribution in [1.29, 1.82) is 0 Å². The first-order valence-electron chi connectivity index (χ1n) is 5.57. The summed E-state index contributed by atoms with van der Waals surface area (Å²) in [4.78, 5) is 8.69. The molecule has 0 amide bonds. The second kappa shape index (κ2) is 6.21. The van der Waals surface area contributed by atoms with Gasteiger partial charge in [0.15, 0.2) is 0 Å². The average molecular weight is 286 g/mol. The highest BCUT2D eigenvalue weighted by Crippen LogP contribution is 2.26. The lowest BCUT2D eigenvalue weighted by Gasteiger charge is -2.32. The van der Waals surface area contributed by atoms with Crippen molar-refractivity contribution in [3.8, 4) is 0 Å². The molecule has 1 atom stereocenters. The van der Waals surface area contributed by atoms with Crippen LogP contribution in [0, 0.1) is 0 Å². The second-order valence-corrected chi connectivity index (χ2v) is 5.08. The first kappa shape index (κ1) is 13.5. The maximum Gasteiger partial charge on any atom is 0.0592 e. The van der Waals surface area contributed by atoms with Crippen LogP contribution in [0.2, 0.25) is 0 Å². The third-order valence-electron chi connectivity index (χ3n) is 2.56. The number of rotatable bonds is 5. The predicted octanol–water partition coefficient (Wildman–Crippen LogP) is 2.62. The Balaban J connectivity index is 2.86. The van der Waals surface area contributed by atoms with E-state index in [1.165, 1.54) is 5.69 Å². The van der Waals surface area contributed by atoms with Crippen LogP contribution in [-0.4, -0.2) is 43.1 Å². The zero-order valence-electron chi connectivity index (χ0n) is 10.4. The largest absolute Gasteiger partial charge is 0.367 e. The highest BCUT2D eigenvalue weighted by Gasteiger charge is 2.15. The van der Waals surface area contributed by atoms with E-state index in [9.17, 15) is 0 Å². The Labute approximate surface area is 107 Å². The van der Waals surface area contributed by atoms with Crippen LogP contribution in [0.5, 0.6) is 0 Å². The van der Waals surface area contributed by atoms with Gasteiger partial charge in [-0.25, -0.2) is 0 Å². The molecule has 0 aliphatic carbocycles. The van der Waals surface area contributed by atoms with Gasteiger partial charge in [-0.3, -0.25) is 4.98 Å². The van der Waals surface area contributed by atoms with Gasteiger partial charge in [0, 0.05) is 31.5 Å². The van der Waals surface area contributed by atoms with Crippen LogP contribution in [0.3, 0.4) is 0 Å². The van der Waals surface area contributed by atoms with Gasteiger partial charge in [0.2, 0.25) is 0 Å². The van der Waals surface area contributed by atoms with Gasteiger partial charge in [-0.1, -0.05) is 0 Å². The van der Waals surface area contributed by atoms with Gasteiger partial charge >= 0.3 is 0 Å². The molecule has 0 aliphatic rings. The minimum atomic E-state index is 0.485. The zero-order chi connectivity index (χ0) is 12.1. The Morgan fingerprint density at radius 1 is 1.44 bits per heavy atom. The lowest BCUT2D eigenvalue weighted by molar-refractivity contribution is 0.373. The van der Waals surface area contributed by atoms with Crippen LogP contribution < -0.4 is 4.90 Å². The van der Waals surface area contributed by atoms with Crippen molar-refractivity contribution >= 4 is 21.6 Å². The van der Waals surface area contributed by atoms with Crippen molar-refractivity contribution in [2.75, 3.05) is 32.1 Å². The molecule has 1 rings (SSSR count). The summed E-state index contributed by atoms with van der Waals surface area (Å²) in [6.45, 7) is 6.47. The molecular weight excluding hydrogens is 266 g/mol. The smallest absolute Gasteiger partial charge is 0.0592 e. The van der Waals surface area contributed by atoms with Crippen molar-refractivity contribution < 1.29 is 0 Å². The third-order valence-corrected chi connectivity index (χ3v) is 3.17. The van der Waals surface area contributed by atoms with Crippen LogP contribution in [0.25, 0.3) is 0 Å².